The number of carbonyl (C=O) groups is 1. The second-order valence-electron chi connectivity index (χ2n) is 5.36. The number of nitrogens with zero attached hydrogens (tertiary/aromatic N) is 1. The number of aromatic nitrogens is 1. The van der Waals surface area contributed by atoms with E-state index in [0.717, 1.165) is 5.69 Å². The van der Waals surface area contributed by atoms with E-state index in [1.165, 1.54) is 0 Å². The molecule has 5 nitrogen and oxygen atoms in total. The van der Waals surface area contributed by atoms with Gasteiger partial charge in [-0.15, -0.1) is 0 Å². The van der Waals surface area contributed by atoms with Crippen LogP contribution in [0.3, 0.4) is 0 Å². The molecule has 5 heteroatoms. The molecule has 0 fully saturated rings. The first kappa shape index (κ1) is 16.8. The average Bonchev–Trinajstić information content (AvgIpc) is 2.55. The van der Waals surface area contributed by atoms with Gasteiger partial charge >= 0.3 is 0 Å². The molecule has 2 aromatic rings. The molecule has 122 valence electrons. The lowest BCUT2D eigenvalue weighted by Crippen LogP contribution is -2.25. The van der Waals surface area contributed by atoms with E-state index in [9.17, 15) is 4.79 Å². The van der Waals surface area contributed by atoms with Gasteiger partial charge in [0.2, 0.25) is 0 Å². The van der Waals surface area contributed by atoms with E-state index in [1.807, 2.05) is 32.0 Å². The Morgan fingerprint density at radius 2 is 2.04 bits per heavy atom. The fourth-order valence-corrected chi connectivity index (χ4v) is 2.11. The van der Waals surface area contributed by atoms with E-state index in [0.29, 0.717) is 30.0 Å². The summed E-state index contributed by atoms with van der Waals surface area (Å²) in [7, 11) is 1.56. The number of ether oxygens (including phenoxy) is 2. The van der Waals surface area contributed by atoms with Crippen molar-refractivity contribution < 1.29 is 14.3 Å². The molecule has 0 saturated carbocycles. The Hall–Kier alpha value is -2.56. The van der Waals surface area contributed by atoms with Gasteiger partial charge in [-0.25, -0.2) is 0 Å². The summed E-state index contributed by atoms with van der Waals surface area (Å²) in [5.41, 5.74) is 1.49. The first-order chi connectivity index (χ1) is 11.1. The molecule has 1 heterocycles. The molecule has 2 rings (SSSR count). The van der Waals surface area contributed by atoms with Crippen molar-refractivity contribution in [2.24, 2.45) is 0 Å². The van der Waals surface area contributed by atoms with E-state index < -0.39 is 0 Å². The van der Waals surface area contributed by atoms with Gasteiger partial charge in [0.15, 0.2) is 11.5 Å². The van der Waals surface area contributed by atoms with Crippen molar-refractivity contribution in [3.8, 4) is 11.5 Å². The number of methoxy groups -OCH3 is 1. The molecule has 1 amide bonds. The van der Waals surface area contributed by atoms with Crippen molar-refractivity contribution in [1.29, 1.82) is 0 Å². The van der Waals surface area contributed by atoms with Crippen molar-refractivity contribution >= 4 is 5.91 Å². The molecule has 0 saturated heterocycles. The molecule has 23 heavy (non-hydrogen) atoms. The summed E-state index contributed by atoms with van der Waals surface area (Å²) in [5, 5.41) is 2.88. The molecule has 0 aliphatic heterocycles. The molecule has 0 spiro atoms. The minimum absolute atomic E-state index is 0.0435. The second kappa shape index (κ2) is 8.17. The van der Waals surface area contributed by atoms with Crippen LogP contribution >= 0.6 is 0 Å². The Bertz CT molecular complexity index is 642. The van der Waals surface area contributed by atoms with Gasteiger partial charge in [0.05, 0.1) is 13.2 Å². The number of nitrogens with one attached hydrogen (secondary N) is 1. The number of hydrogen-bond donors (Lipinski definition) is 1. The van der Waals surface area contributed by atoms with Crippen LogP contribution in [0.1, 0.15) is 29.9 Å². The van der Waals surface area contributed by atoms with Gasteiger partial charge in [-0.1, -0.05) is 6.07 Å². The van der Waals surface area contributed by atoms with E-state index in [2.05, 4.69) is 10.3 Å². The highest BCUT2D eigenvalue weighted by molar-refractivity contribution is 5.94. The standard InChI is InChI=1S/C18H22N2O3/c1-13(2)23-16-8-7-14(12-17(16)22-3)18(21)20-11-9-15-6-4-5-10-19-15/h4-8,10,12-13H,9,11H2,1-3H3,(H,20,21). The third-order valence-corrected chi connectivity index (χ3v) is 3.18. The van der Waals surface area contributed by atoms with Gasteiger partial charge in [-0.2, -0.15) is 0 Å². The lowest BCUT2D eigenvalue weighted by Gasteiger charge is -2.14. The van der Waals surface area contributed by atoms with Gasteiger partial charge < -0.3 is 14.8 Å². The lowest BCUT2D eigenvalue weighted by molar-refractivity contribution is 0.0953. The molecule has 0 aliphatic rings. The van der Waals surface area contributed by atoms with Crippen molar-refractivity contribution in [1.82, 2.24) is 10.3 Å². The monoisotopic (exact) mass is 314 g/mol. The summed E-state index contributed by atoms with van der Waals surface area (Å²) in [6, 6.07) is 10.9. The summed E-state index contributed by atoms with van der Waals surface area (Å²) in [4.78, 5) is 16.4. The number of rotatable bonds is 7. The van der Waals surface area contributed by atoms with E-state index in [1.54, 1.807) is 31.5 Å². The van der Waals surface area contributed by atoms with Crippen molar-refractivity contribution in [2.75, 3.05) is 13.7 Å². The molecule has 1 aromatic heterocycles. The van der Waals surface area contributed by atoms with Crippen LogP contribution in [-0.4, -0.2) is 30.6 Å². The molecular formula is C18H22N2O3. The third kappa shape index (κ3) is 4.98. The summed E-state index contributed by atoms with van der Waals surface area (Å²) >= 11 is 0. The van der Waals surface area contributed by atoms with E-state index in [4.69, 9.17) is 9.47 Å². The molecule has 0 atom stereocenters. The molecule has 1 aromatic carbocycles. The second-order valence-corrected chi connectivity index (χ2v) is 5.36. The largest absolute Gasteiger partial charge is 0.493 e. The Kier molecular flexibility index (Phi) is 5.97. The number of hydrogen-bond acceptors (Lipinski definition) is 4. The predicted molar refractivity (Wildman–Crippen MR) is 89.0 cm³/mol. The molecule has 0 unspecified atom stereocenters. The summed E-state index contributed by atoms with van der Waals surface area (Å²) in [6.07, 6.45) is 2.48. The molecule has 0 bridgehead atoms. The van der Waals surface area contributed by atoms with Crippen molar-refractivity contribution in [2.45, 2.75) is 26.4 Å². The minimum atomic E-state index is -0.143. The number of amides is 1. The van der Waals surface area contributed by atoms with Gasteiger partial charge in [0.25, 0.3) is 5.91 Å². The topological polar surface area (TPSA) is 60.5 Å². The van der Waals surface area contributed by atoms with Crippen LogP contribution in [0, 0.1) is 0 Å². The Labute approximate surface area is 136 Å². The van der Waals surface area contributed by atoms with Gasteiger partial charge in [0, 0.05) is 30.4 Å². The maximum absolute atomic E-state index is 12.2. The quantitative estimate of drug-likeness (QED) is 0.853. The molecule has 0 aliphatic carbocycles. The SMILES string of the molecule is COc1cc(C(=O)NCCc2ccccn2)ccc1OC(C)C. The zero-order valence-electron chi connectivity index (χ0n) is 13.7. The molecule has 1 N–H and O–H groups in total. The van der Waals surface area contributed by atoms with Crippen LogP contribution < -0.4 is 14.8 Å². The Balaban J connectivity index is 1.96. The van der Waals surface area contributed by atoms with Crippen LogP contribution in [0.4, 0.5) is 0 Å². The van der Waals surface area contributed by atoms with Crippen LogP contribution in [0.15, 0.2) is 42.6 Å². The normalized spacial score (nSPS) is 10.4. The highest BCUT2D eigenvalue weighted by Crippen LogP contribution is 2.28. The fraction of sp³-hybridized carbons (Fsp3) is 0.333. The minimum Gasteiger partial charge on any atom is -0.493 e. The summed E-state index contributed by atoms with van der Waals surface area (Å²) < 4.78 is 10.9. The number of pyridine rings is 1. The Morgan fingerprint density at radius 3 is 2.70 bits per heavy atom. The Morgan fingerprint density at radius 1 is 1.22 bits per heavy atom. The average molecular weight is 314 g/mol. The van der Waals surface area contributed by atoms with Crippen molar-refractivity contribution in [3.05, 3.63) is 53.9 Å². The first-order valence-electron chi connectivity index (χ1n) is 7.63. The third-order valence-electron chi connectivity index (χ3n) is 3.18. The highest BCUT2D eigenvalue weighted by Gasteiger charge is 2.12. The zero-order chi connectivity index (χ0) is 16.7. The van der Waals surface area contributed by atoms with Crippen LogP contribution in [0.25, 0.3) is 0 Å². The fourth-order valence-electron chi connectivity index (χ4n) is 2.11. The predicted octanol–water partition coefficient (Wildman–Crippen LogP) is 2.85. The van der Waals surface area contributed by atoms with Gasteiger partial charge in [0.1, 0.15) is 0 Å². The summed E-state index contributed by atoms with van der Waals surface area (Å²) in [5.74, 6) is 1.04. The number of carbonyl (C=O) groups excluding carboxylic acids is 1. The lowest BCUT2D eigenvalue weighted by atomic mass is 10.2. The highest BCUT2D eigenvalue weighted by atomic mass is 16.5. The maximum Gasteiger partial charge on any atom is 0.251 e. The first-order valence-corrected chi connectivity index (χ1v) is 7.63. The van der Waals surface area contributed by atoms with Crippen LogP contribution in [-0.2, 0) is 6.42 Å². The summed E-state index contributed by atoms with van der Waals surface area (Å²) in [6.45, 7) is 4.41. The van der Waals surface area contributed by atoms with Crippen molar-refractivity contribution in [3.63, 3.8) is 0 Å². The number of benzene rings is 1. The van der Waals surface area contributed by atoms with Crippen LogP contribution in [0.2, 0.25) is 0 Å². The van der Waals surface area contributed by atoms with E-state index in [-0.39, 0.29) is 12.0 Å². The van der Waals surface area contributed by atoms with Crippen LogP contribution in [0.5, 0.6) is 11.5 Å². The maximum atomic E-state index is 12.2. The molecular weight excluding hydrogens is 292 g/mol. The zero-order valence-corrected chi connectivity index (χ0v) is 13.7. The van der Waals surface area contributed by atoms with Gasteiger partial charge in [-0.05, 0) is 44.2 Å². The van der Waals surface area contributed by atoms with Gasteiger partial charge in [-0.3, -0.25) is 9.78 Å². The molecule has 0 radical (unpaired) electrons. The van der Waals surface area contributed by atoms with E-state index >= 15 is 0 Å². The smallest absolute Gasteiger partial charge is 0.251 e.